The molecule has 226 valence electrons. The first-order valence-corrected chi connectivity index (χ1v) is 16.5. The average Bonchev–Trinajstić information content (AvgIpc) is 3.66. The van der Waals surface area contributed by atoms with Crippen molar-refractivity contribution in [3.05, 3.63) is 198 Å². The Hall–Kier alpha value is -6.19. The third kappa shape index (κ3) is 3.73. The molecule has 2 aliphatic carbocycles. The maximum absolute atomic E-state index is 6.76. The van der Waals surface area contributed by atoms with Gasteiger partial charge in [0, 0.05) is 22.4 Å². The highest BCUT2D eigenvalue weighted by molar-refractivity contribution is 5.97. The fourth-order valence-electron chi connectivity index (χ4n) is 8.11. The van der Waals surface area contributed by atoms with Gasteiger partial charge in [-0.1, -0.05) is 133 Å². The standard InChI is InChI=1S/C45H30N2O/c1-29-19-25-35-34-13-5-6-14-36(34)45(39(35)27-29)37-15-7-10-18-42(37)48-43-28-32(24-26-38(43)45)30-20-22-31(23-21-30)44-46-40-16-8-9-17-41(40)47(44)33-11-3-2-4-12-33/h2-18,20-28H,1,19H2. The van der Waals surface area contributed by atoms with Gasteiger partial charge in [-0.2, -0.15) is 0 Å². The highest BCUT2D eigenvalue weighted by Crippen LogP contribution is 2.64. The second kappa shape index (κ2) is 10.2. The van der Waals surface area contributed by atoms with Crippen molar-refractivity contribution in [3.8, 4) is 39.7 Å². The number of allylic oxidation sites excluding steroid dienone is 5. The van der Waals surface area contributed by atoms with Gasteiger partial charge in [-0.3, -0.25) is 4.57 Å². The van der Waals surface area contributed by atoms with Gasteiger partial charge >= 0.3 is 0 Å². The third-order valence-corrected chi connectivity index (χ3v) is 10.2. The van der Waals surface area contributed by atoms with E-state index in [-0.39, 0.29) is 0 Å². The first-order chi connectivity index (χ1) is 23.7. The van der Waals surface area contributed by atoms with Crippen molar-refractivity contribution in [2.75, 3.05) is 0 Å². The quantitative estimate of drug-likeness (QED) is 0.198. The molecule has 2 heterocycles. The molecule has 0 N–H and O–H groups in total. The Bertz CT molecular complexity index is 2520. The molecule has 3 nitrogen and oxygen atoms in total. The lowest BCUT2D eigenvalue weighted by Crippen LogP contribution is -2.32. The molecule has 1 spiro atoms. The first kappa shape index (κ1) is 27.0. The SMILES string of the molecule is C=C1C=C2C(=CC1)c1ccccc1C21c2ccccc2Oc2cc(-c3ccc(-c4nc5ccccc5n4-c4ccccc4)cc3)ccc21. The van der Waals surface area contributed by atoms with Crippen molar-refractivity contribution < 1.29 is 4.74 Å². The van der Waals surface area contributed by atoms with E-state index < -0.39 is 5.41 Å². The van der Waals surface area contributed by atoms with Crippen molar-refractivity contribution in [1.82, 2.24) is 9.55 Å². The number of rotatable bonds is 3. The summed E-state index contributed by atoms with van der Waals surface area (Å²) in [5.41, 5.74) is 14.6. The molecule has 1 unspecified atom stereocenters. The molecule has 0 bridgehead atoms. The minimum Gasteiger partial charge on any atom is -0.457 e. The van der Waals surface area contributed by atoms with E-state index in [2.05, 4.69) is 157 Å². The molecule has 6 aromatic carbocycles. The van der Waals surface area contributed by atoms with Crippen LogP contribution in [0.5, 0.6) is 11.5 Å². The molecule has 3 heteroatoms. The predicted octanol–water partition coefficient (Wildman–Crippen LogP) is 11.1. The Balaban J connectivity index is 1.11. The summed E-state index contributed by atoms with van der Waals surface area (Å²) in [5.74, 6) is 2.70. The summed E-state index contributed by atoms with van der Waals surface area (Å²) < 4.78 is 9.00. The van der Waals surface area contributed by atoms with Gasteiger partial charge in [0.1, 0.15) is 17.3 Å². The van der Waals surface area contributed by atoms with Gasteiger partial charge in [0.25, 0.3) is 0 Å². The summed E-state index contributed by atoms with van der Waals surface area (Å²) in [5, 5.41) is 0. The smallest absolute Gasteiger partial charge is 0.145 e. The van der Waals surface area contributed by atoms with Gasteiger partial charge in [0.15, 0.2) is 0 Å². The molecular weight excluding hydrogens is 585 g/mol. The van der Waals surface area contributed by atoms with E-state index in [9.17, 15) is 0 Å². The number of hydrogen-bond donors (Lipinski definition) is 0. The molecular formula is C45H30N2O. The van der Waals surface area contributed by atoms with Crippen LogP contribution in [0.4, 0.5) is 0 Å². The monoisotopic (exact) mass is 614 g/mol. The molecule has 48 heavy (non-hydrogen) atoms. The largest absolute Gasteiger partial charge is 0.457 e. The number of hydrogen-bond acceptors (Lipinski definition) is 2. The highest BCUT2D eigenvalue weighted by atomic mass is 16.5. The Morgan fingerprint density at radius 1 is 0.625 bits per heavy atom. The van der Waals surface area contributed by atoms with E-state index in [1.54, 1.807) is 0 Å². The van der Waals surface area contributed by atoms with Crippen molar-refractivity contribution in [1.29, 1.82) is 0 Å². The number of para-hydroxylation sites is 4. The lowest BCUT2D eigenvalue weighted by molar-refractivity contribution is 0.436. The average molecular weight is 615 g/mol. The van der Waals surface area contributed by atoms with Crippen molar-refractivity contribution in [3.63, 3.8) is 0 Å². The van der Waals surface area contributed by atoms with Gasteiger partial charge in [-0.15, -0.1) is 0 Å². The first-order valence-electron chi connectivity index (χ1n) is 16.5. The van der Waals surface area contributed by atoms with Crippen LogP contribution in [0.15, 0.2) is 175 Å². The van der Waals surface area contributed by atoms with Crippen LogP contribution in [0.1, 0.15) is 28.7 Å². The van der Waals surface area contributed by atoms with Crippen LogP contribution in [0.2, 0.25) is 0 Å². The van der Waals surface area contributed by atoms with Crippen LogP contribution >= 0.6 is 0 Å². The molecule has 0 saturated carbocycles. The Labute approximate surface area is 279 Å². The minimum absolute atomic E-state index is 0.477. The zero-order valence-corrected chi connectivity index (χ0v) is 26.2. The fraction of sp³-hybridized carbons (Fsp3) is 0.0444. The van der Waals surface area contributed by atoms with Crippen LogP contribution in [0.3, 0.4) is 0 Å². The zero-order valence-electron chi connectivity index (χ0n) is 26.2. The number of aromatic nitrogens is 2. The normalized spacial score (nSPS) is 17.2. The van der Waals surface area contributed by atoms with E-state index in [1.165, 1.54) is 27.8 Å². The summed E-state index contributed by atoms with van der Waals surface area (Å²) in [4.78, 5) is 5.07. The summed E-state index contributed by atoms with van der Waals surface area (Å²) in [7, 11) is 0. The van der Waals surface area contributed by atoms with Gasteiger partial charge in [0.2, 0.25) is 0 Å². The Kier molecular flexibility index (Phi) is 5.71. The molecule has 0 radical (unpaired) electrons. The maximum Gasteiger partial charge on any atom is 0.145 e. The van der Waals surface area contributed by atoms with Crippen molar-refractivity contribution in [2.24, 2.45) is 0 Å². The number of imidazole rings is 1. The molecule has 7 aromatic rings. The van der Waals surface area contributed by atoms with E-state index in [1.807, 2.05) is 12.1 Å². The zero-order chi connectivity index (χ0) is 31.8. The topological polar surface area (TPSA) is 27.1 Å². The molecule has 1 aliphatic heterocycles. The summed E-state index contributed by atoms with van der Waals surface area (Å²) in [6, 6.07) is 51.6. The van der Waals surface area contributed by atoms with E-state index in [0.717, 1.165) is 68.3 Å². The minimum atomic E-state index is -0.477. The van der Waals surface area contributed by atoms with Crippen molar-refractivity contribution >= 4 is 16.6 Å². The van der Waals surface area contributed by atoms with E-state index in [0.29, 0.717) is 0 Å². The Morgan fingerprint density at radius 2 is 1.31 bits per heavy atom. The molecule has 3 aliphatic rings. The lowest BCUT2D eigenvalue weighted by Gasteiger charge is -2.40. The second-order valence-electron chi connectivity index (χ2n) is 12.8. The van der Waals surface area contributed by atoms with Crippen LogP contribution in [-0.2, 0) is 5.41 Å². The maximum atomic E-state index is 6.76. The number of fused-ring (bicyclic) bond motifs is 10. The van der Waals surface area contributed by atoms with Crippen LogP contribution in [0.25, 0.3) is 44.8 Å². The van der Waals surface area contributed by atoms with E-state index >= 15 is 0 Å². The molecule has 1 atom stereocenters. The molecule has 0 fully saturated rings. The molecule has 0 saturated heterocycles. The number of ether oxygens (including phenoxy) is 1. The molecule has 1 aromatic heterocycles. The van der Waals surface area contributed by atoms with Crippen molar-refractivity contribution in [2.45, 2.75) is 11.8 Å². The lowest BCUT2D eigenvalue weighted by atomic mass is 9.65. The summed E-state index contributed by atoms with van der Waals surface area (Å²) in [6.07, 6.45) is 5.53. The second-order valence-corrected chi connectivity index (χ2v) is 12.8. The predicted molar refractivity (Wildman–Crippen MR) is 195 cm³/mol. The van der Waals surface area contributed by atoms with Gasteiger partial charge in [-0.25, -0.2) is 4.98 Å². The summed E-state index contributed by atoms with van der Waals surface area (Å²) >= 11 is 0. The fourth-order valence-corrected chi connectivity index (χ4v) is 8.11. The number of benzene rings is 6. The molecule has 10 rings (SSSR count). The number of nitrogens with zero attached hydrogens (tertiary/aromatic N) is 2. The highest BCUT2D eigenvalue weighted by Gasteiger charge is 2.53. The van der Waals surface area contributed by atoms with Crippen LogP contribution in [0, 0.1) is 0 Å². The van der Waals surface area contributed by atoms with Gasteiger partial charge in [-0.05, 0) is 76.2 Å². The Morgan fingerprint density at radius 3 is 2.19 bits per heavy atom. The van der Waals surface area contributed by atoms with Crippen LogP contribution < -0.4 is 4.74 Å². The van der Waals surface area contributed by atoms with Gasteiger partial charge < -0.3 is 4.74 Å². The van der Waals surface area contributed by atoms with Gasteiger partial charge in [0.05, 0.1) is 16.4 Å². The third-order valence-electron chi connectivity index (χ3n) is 10.2. The van der Waals surface area contributed by atoms with E-state index in [4.69, 9.17) is 9.72 Å². The molecule has 0 amide bonds. The van der Waals surface area contributed by atoms with Crippen LogP contribution in [-0.4, -0.2) is 9.55 Å². The summed E-state index contributed by atoms with van der Waals surface area (Å²) in [6.45, 7) is 4.39.